The van der Waals surface area contributed by atoms with Gasteiger partial charge in [-0.05, 0) is 42.9 Å². The van der Waals surface area contributed by atoms with Crippen molar-refractivity contribution in [1.82, 2.24) is 4.90 Å². The number of primary sulfonamides is 1. The summed E-state index contributed by atoms with van der Waals surface area (Å²) in [5, 5.41) is 8.40. The number of hydrogen-bond acceptors (Lipinski definition) is 4. The van der Waals surface area contributed by atoms with E-state index in [9.17, 15) is 13.2 Å². The maximum absolute atomic E-state index is 12.1. The highest BCUT2D eigenvalue weighted by atomic mass is 35.5. The molecule has 0 aliphatic heterocycles. The molecule has 0 heterocycles. The van der Waals surface area contributed by atoms with E-state index >= 15 is 0 Å². The number of nitrogens with two attached hydrogens (primary N) is 1. The summed E-state index contributed by atoms with van der Waals surface area (Å²) in [6.45, 7) is 0.740. The van der Waals surface area contributed by atoms with Crippen LogP contribution in [0.1, 0.15) is 5.56 Å². The molecule has 2 aromatic carbocycles. The van der Waals surface area contributed by atoms with E-state index < -0.39 is 10.0 Å². The van der Waals surface area contributed by atoms with Gasteiger partial charge in [-0.1, -0.05) is 29.8 Å². The van der Waals surface area contributed by atoms with Crippen molar-refractivity contribution < 1.29 is 13.2 Å². The van der Waals surface area contributed by atoms with Gasteiger partial charge < -0.3 is 5.32 Å². The lowest BCUT2D eigenvalue weighted by atomic mass is 10.2. The zero-order chi connectivity index (χ0) is 17.7. The molecule has 24 heavy (non-hydrogen) atoms. The minimum Gasteiger partial charge on any atom is -0.325 e. The molecule has 8 heteroatoms. The van der Waals surface area contributed by atoms with Crippen molar-refractivity contribution in [2.24, 2.45) is 5.14 Å². The summed E-state index contributed by atoms with van der Waals surface area (Å²) in [5.74, 6) is -0.252. The van der Waals surface area contributed by atoms with Crippen LogP contribution in [0.4, 0.5) is 5.69 Å². The summed E-state index contributed by atoms with van der Waals surface area (Å²) in [6.07, 6.45) is 0. The molecular weight excluding hydrogens is 350 g/mol. The first-order valence-corrected chi connectivity index (χ1v) is 9.02. The van der Waals surface area contributed by atoms with Gasteiger partial charge >= 0.3 is 0 Å². The molecule has 2 aromatic rings. The molecule has 6 nitrogen and oxygen atoms in total. The van der Waals surface area contributed by atoms with Crippen LogP contribution in [-0.4, -0.2) is 32.8 Å². The van der Waals surface area contributed by atoms with E-state index in [1.807, 2.05) is 24.1 Å². The molecule has 0 aromatic heterocycles. The van der Waals surface area contributed by atoms with Gasteiger partial charge in [-0.2, -0.15) is 0 Å². The molecular formula is C16H18ClN3O3S. The Morgan fingerprint density at radius 2 is 1.88 bits per heavy atom. The highest BCUT2D eigenvalue weighted by molar-refractivity contribution is 7.89. The largest absolute Gasteiger partial charge is 0.325 e. The summed E-state index contributed by atoms with van der Waals surface area (Å²) in [6, 6.07) is 13.2. The van der Waals surface area contributed by atoms with Gasteiger partial charge in [-0.15, -0.1) is 0 Å². The Labute approximate surface area is 146 Å². The van der Waals surface area contributed by atoms with E-state index in [0.717, 1.165) is 5.56 Å². The van der Waals surface area contributed by atoms with E-state index in [2.05, 4.69) is 5.32 Å². The van der Waals surface area contributed by atoms with Crippen molar-refractivity contribution in [1.29, 1.82) is 0 Å². The van der Waals surface area contributed by atoms with Crippen LogP contribution in [0.3, 0.4) is 0 Å². The molecule has 0 bridgehead atoms. The molecule has 0 atom stereocenters. The van der Waals surface area contributed by atoms with Crippen molar-refractivity contribution in [3.8, 4) is 0 Å². The summed E-state index contributed by atoms with van der Waals surface area (Å²) in [7, 11) is -1.99. The maximum atomic E-state index is 12.1. The van der Waals surface area contributed by atoms with Crippen molar-refractivity contribution in [2.45, 2.75) is 11.4 Å². The fourth-order valence-electron chi connectivity index (χ4n) is 2.15. The minimum atomic E-state index is -3.80. The first-order chi connectivity index (χ1) is 11.2. The maximum Gasteiger partial charge on any atom is 0.238 e. The van der Waals surface area contributed by atoms with Crippen LogP contribution < -0.4 is 10.5 Å². The lowest BCUT2D eigenvalue weighted by molar-refractivity contribution is -0.117. The Bertz CT molecular complexity index is 823. The molecule has 0 saturated carbocycles. The topological polar surface area (TPSA) is 92.5 Å². The van der Waals surface area contributed by atoms with E-state index in [-0.39, 0.29) is 17.3 Å². The van der Waals surface area contributed by atoms with Crippen LogP contribution in [0.5, 0.6) is 0 Å². The number of nitrogens with zero attached hydrogens (tertiary/aromatic N) is 1. The van der Waals surface area contributed by atoms with Crippen molar-refractivity contribution >= 4 is 33.2 Å². The molecule has 0 aliphatic rings. The summed E-state index contributed by atoms with van der Waals surface area (Å²) in [4.78, 5) is 13.9. The number of likely N-dealkylation sites (N-methyl/N-ethyl adjacent to an activating group) is 1. The average Bonchev–Trinajstić information content (AvgIpc) is 2.49. The van der Waals surface area contributed by atoms with Crippen molar-refractivity contribution in [2.75, 3.05) is 18.9 Å². The number of anilines is 1. The minimum absolute atomic E-state index is 0.0465. The third kappa shape index (κ3) is 5.61. The third-order valence-electron chi connectivity index (χ3n) is 3.23. The van der Waals surface area contributed by atoms with Gasteiger partial charge in [0.15, 0.2) is 0 Å². The zero-order valence-corrected chi connectivity index (χ0v) is 14.6. The molecule has 2 rings (SSSR count). The molecule has 0 fully saturated rings. The number of benzene rings is 2. The average molecular weight is 368 g/mol. The fraction of sp³-hybridized carbons (Fsp3) is 0.188. The van der Waals surface area contributed by atoms with E-state index in [1.54, 1.807) is 18.2 Å². The standard InChI is InChI=1S/C16H18ClN3O3S/c1-20(10-12-5-7-13(17)8-6-12)11-16(21)19-14-3-2-4-15(9-14)24(18,22)23/h2-9H,10-11H2,1H3,(H,19,21)(H2,18,22,23). The number of halogens is 1. The number of amides is 1. The second-order valence-electron chi connectivity index (χ2n) is 5.42. The number of hydrogen-bond donors (Lipinski definition) is 2. The Morgan fingerprint density at radius 1 is 1.21 bits per heavy atom. The smallest absolute Gasteiger partial charge is 0.238 e. The Kier molecular flexibility index (Phi) is 5.95. The monoisotopic (exact) mass is 367 g/mol. The first-order valence-electron chi connectivity index (χ1n) is 7.10. The quantitative estimate of drug-likeness (QED) is 0.817. The molecule has 3 N–H and O–H groups in total. The second kappa shape index (κ2) is 7.76. The van der Waals surface area contributed by atoms with Crippen LogP contribution in [-0.2, 0) is 21.4 Å². The van der Waals surface area contributed by atoms with Crippen molar-refractivity contribution in [3.63, 3.8) is 0 Å². The van der Waals surface area contributed by atoms with Gasteiger partial charge in [0.05, 0.1) is 11.4 Å². The van der Waals surface area contributed by atoms with Crippen molar-refractivity contribution in [3.05, 3.63) is 59.1 Å². The molecule has 1 amide bonds. The lowest BCUT2D eigenvalue weighted by Gasteiger charge is -2.16. The van der Waals surface area contributed by atoms with Crippen LogP contribution in [0.15, 0.2) is 53.4 Å². The van der Waals surface area contributed by atoms with Crippen LogP contribution >= 0.6 is 11.6 Å². The molecule has 0 aliphatic carbocycles. The SMILES string of the molecule is CN(CC(=O)Nc1cccc(S(N)(=O)=O)c1)Cc1ccc(Cl)cc1. The zero-order valence-electron chi connectivity index (χ0n) is 13.1. The Balaban J connectivity index is 1.94. The molecule has 128 valence electrons. The van der Waals surface area contributed by atoms with Crippen LogP contribution in [0, 0.1) is 0 Å². The number of sulfonamides is 1. The van der Waals surface area contributed by atoms with E-state index in [1.165, 1.54) is 18.2 Å². The third-order valence-corrected chi connectivity index (χ3v) is 4.39. The summed E-state index contributed by atoms with van der Waals surface area (Å²) in [5.41, 5.74) is 1.41. The van der Waals surface area contributed by atoms with Gasteiger partial charge in [-0.3, -0.25) is 9.69 Å². The summed E-state index contributed by atoms with van der Waals surface area (Å²) >= 11 is 5.84. The Hall–Kier alpha value is -1.93. The van der Waals surface area contributed by atoms with Gasteiger partial charge in [0, 0.05) is 17.3 Å². The number of carbonyl (C=O) groups is 1. The molecule has 0 saturated heterocycles. The predicted octanol–water partition coefficient (Wildman–Crippen LogP) is 2.06. The van der Waals surface area contributed by atoms with Gasteiger partial charge in [0.2, 0.25) is 15.9 Å². The number of rotatable bonds is 6. The first kappa shape index (κ1) is 18.4. The second-order valence-corrected chi connectivity index (χ2v) is 7.42. The van der Waals surface area contributed by atoms with Crippen LogP contribution in [0.25, 0.3) is 0 Å². The number of nitrogens with one attached hydrogen (secondary N) is 1. The lowest BCUT2D eigenvalue weighted by Crippen LogP contribution is -2.29. The van der Waals surface area contributed by atoms with Gasteiger partial charge in [0.1, 0.15) is 0 Å². The fourth-order valence-corrected chi connectivity index (χ4v) is 2.84. The van der Waals surface area contributed by atoms with Crippen LogP contribution in [0.2, 0.25) is 5.02 Å². The molecule has 0 radical (unpaired) electrons. The van der Waals surface area contributed by atoms with E-state index in [4.69, 9.17) is 16.7 Å². The van der Waals surface area contributed by atoms with E-state index in [0.29, 0.717) is 17.3 Å². The van der Waals surface area contributed by atoms with Gasteiger partial charge in [0.25, 0.3) is 0 Å². The number of carbonyl (C=O) groups excluding carboxylic acids is 1. The highest BCUT2D eigenvalue weighted by Gasteiger charge is 2.11. The summed E-state index contributed by atoms with van der Waals surface area (Å²) < 4.78 is 22.6. The highest BCUT2D eigenvalue weighted by Crippen LogP contribution is 2.14. The normalized spacial score (nSPS) is 11.5. The predicted molar refractivity (Wildman–Crippen MR) is 94.2 cm³/mol. The molecule has 0 spiro atoms. The Morgan fingerprint density at radius 3 is 2.50 bits per heavy atom. The van der Waals surface area contributed by atoms with Gasteiger partial charge in [-0.25, -0.2) is 13.6 Å². The molecule has 0 unspecified atom stereocenters.